The second-order valence-electron chi connectivity index (χ2n) is 4.13. The Balaban J connectivity index is 2.49. The molecule has 0 aliphatic heterocycles. The van der Waals surface area contributed by atoms with Crippen LogP contribution in [0.25, 0.3) is 0 Å². The van der Waals surface area contributed by atoms with Gasteiger partial charge >= 0.3 is 5.97 Å². The molecule has 8 nitrogen and oxygen atoms in total. The van der Waals surface area contributed by atoms with Crippen molar-refractivity contribution in [1.29, 1.82) is 0 Å². The van der Waals surface area contributed by atoms with Gasteiger partial charge in [-0.05, 0) is 25.5 Å². The number of carboxylic acid groups (broad SMARTS) is 1. The average molecular weight is 296 g/mol. The molecule has 0 aromatic carbocycles. The SMILES string of the molecule is Cc1cnccc1NS(=O)(=O)c1c(C(=O)O)n[nH]c1C. The van der Waals surface area contributed by atoms with Gasteiger partial charge in [-0.1, -0.05) is 0 Å². The van der Waals surface area contributed by atoms with Gasteiger partial charge in [0.25, 0.3) is 10.0 Å². The van der Waals surface area contributed by atoms with E-state index in [9.17, 15) is 13.2 Å². The number of nitrogens with one attached hydrogen (secondary N) is 2. The van der Waals surface area contributed by atoms with Crippen LogP contribution in [0.2, 0.25) is 0 Å². The Morgan fingerprint density at radius 3 is 2.70 bits per heavy atom. The Morgan fingerprint density at radius 2 is 2.10 bits per heavy atom. The second kappa shape index (κ2) is 4.93. The number of rotatable bonds is 4. The lowest BCUT2D eigenvalue weighted by atomic mass is 10.3. The minimum Gasteiger partial charge on any atom is -0.476 e. The summed E-state index contributed by atoms with van der Waals surface area (Å²) in [5, 5.41) is 14.8. The molecular weight excluding hydrogens is 284 g/mol. The number of nitrogens with zero attached hydrogens (tertiary/aromatic N) is 2. The first kappa shape index (κ1) is 14.0. The largest absolute Gasteiger partial charge is 0.476 e. The van der Waals surface area contributed by atoms with Gasteiger partial charge in [0.2, 0.25) is 0 Å². The van der Waals surface area contributed by atoms with Gasteiger partial charge in [-0.3, -0.25) is 14.8 Å². The monoisotopic (exact) mass is 296 g/mol. The van der Waals surface area contributed by atoms with Crippen molar-refractivity contribution in [1.82, 2.24) is 15.2 Å². The zero-order chi connectivity index (χ0) is 14.9. The van der Waals surface area contributed by atoms with Crippen molar-refractivity contribution in [3.63, 3.8) is 0 Å². The van der Waals surface area contributed by atoms with E-state index in [1.165, 1.54) is 25.4 Å². The Kier molecular flexibility index (Phi) is 3.45. The van der Waals surface area contributed by atoms with Gasteiger partial charge in [-0.15, -0.1) is 0 Å². The zero-order valence-corrected chi connectivity index (χ0v) is 11.5. The molecular formula is C11H12N4O4S. The molecule has 2 heterocycles. The van der Waals surface area contributed by atoms with Crippen molar-refractivity contribution in [2.24, 2.45) is 0 Å². The number of hydrogen-bond donors (Lipinski definition) is 3. The van der Waals surface area contributed by atoms with Crippen LogP contribution >= 0.6 is 0 Å². The molecule has 0 spiro atoms. The van der Waals surface area contributed by atoms with E-state index in [1.54, 1.807) is 6.92 Å². The number of hydrogen-bond acceptors (Lipinski definition) is 5. The lowest BCUT2D eigenvalue weighted by Crippen LogP contribution is -2.17. The number of carboxylic acids is 1. The van der Waals surface area contributed by atoms with Crippen molar-refractivity contribution < 1.29 is 18.3 Å². The smallest absolute Gasteiger partial charge is 0.357 e. The standard InChI is InChI=1S/C11H12N4O4S/c1-6-5-12-4-3-8(6)15-20(18,19)10-7(2)13-14-9(10)11(16)17/h3-5H,1-2H3,(H,12,15)(H,13,14)(H,16,17). The second-order valence-corrected chi connectivity index (χ2v) is 5.75. The maximum Gasteiger partial charge on any atom is 0.357 e. The number of sulfonamides is 1. The van der Waals surface area contributed by atoms with Crippen molar-refractivity contribution in [2.75, 3.05) is 4.72 Å². The Morgan fingerprint density at radius 1 is 1.40 bits per heavy atom. The lowest BCUT2D eigenvalue weighted by Gasteiger charge is -2.09. The average Bonchev–Trinajstić information content (AvgIpc) is 2.75. The summed E-state index contributed by atoms with van der Waals surface area (Å²) in [6, 6.07) is 1.49. The first-order valence-electron chi connectivity index (χ1n) is 5.54. The topological polar surface area (TPSA) is 125 Å². The highest BCUT2D eigenvalue weighted by Crippen LogP contribution is 2.22. The lowest BCUT2D eigenvalue weighted by molar-refractivity contribution is 0.0686. The number of pyridine rings is 1. The molecule has 0 saturated heterocycles. The maximum absolute atomic E-state index is 12.3. The highest BCUT2D eigenvalue weighted by atomic mass is 32.2. The van der Waals surface area contributed by atoms with Crippen LogP contribution in [0.3, 0.4) is 0 Å². The molecule has 0 fully saturated rings. The quantitative estimate of drug-likeness (QED) is 0.770. The number of anilines is 1. The van der Waals surface area contributed by atoms with Crippen molar-refractivity contribution in [2.45, 2.75) is 18.7 Å². The van der Waals surface area contributed by atoms with Gasteiger partial charge in [0, 0.05) is 12.4 Å². The fourth-order valence-corrected chi connectivity index (χ4v) is 3.13. The molecule has 2 aromatic rings. The molecule has 20 heavy (non-hydrogen) atoms. The summed E-state index contributed by atoms with van der Waals surface area (Å²) in [6.07, 6.45) is 2.93. The molecule has 0 radical (unpaired) electrons. The summed E-state index contributed by atoms with van der Waals surface area (Å²) in [6.45, 7) is 3.12. The number of H-pyrrole nitrogens is 1. The van der Waals surface area contributed by atoms with Crippen LogP contribution in [0.15, 0.2) is 23.4 Å². The van der Waals surface area contributed by atoms with Gasteiger partial charge in [0.05, 0.1) is 11.4 Å². The molecule has 9 heteroatoms. The molecule has 3 N–H and O–H groups in total. The third-order valence-electron chi connectivity index (χ3n) is 2.63. The Bertz CT molecular complexity index is 766. The highest BCUT2D eigenvalue weighted by molar-refractivity contribution is 7.92. The van der Waals surface area contributed by atoms with Gasteiger partial charge in [-0.2, -0.15) is 5.10 Å². The minimum absolute atomic E-state index is 0.154. The van der Waals surface area contributed by atoms with Crippen LogP contribution in [-0.4, -0.2) is 34.7 Å². The summed E-state index contributed by atoms with van der Waals surface area (Å²) >= 11 is 0. The molecule has 0 saturated carbocycles. The highest BCUT2D eigenvalue weighted by Gasteiger charge is 2.28. The number of aryl methyl sites for hydroxylation is 2. The molecule has 0 aliphatic carbocycles. The number of aromatic nitrogens is 3. The van der Waals surface area contributed by atoms with Crippen LogP contribution in [-0.2, 0) is 10.0 Å². The van der Waals surface area contributed by atoms with Gasteiger partial charge in [0.15, 0.2) is 5.69 Å². The van der Waals surface area contributed by atoms with Crippen LogP contribution < -0.4 is 4.72 Å². The third-order valence-corrected chi connectivity index (χ3v) is 4.15. The molecule has 0 aliphatic rings. The summed E-state index contributed by atoms with van der Waals surface area (Å²) in [7, 11) is -4.05. The summed E-state index contributed by atoms with van der Waals surface area (Å²) in [5.74, 6) is -1.42. The number of aromatic carboxylic acids is 1. The van der Waals surface area contributed by atoms with Gasteiger partial charge in [0.1, 0.15) is 4.90 Å². The van der Waals surface area contributed by atoms with Gasteiger partial charge in [-0.25, -0.2) is 13.2 Å². The minimum atomic E-state index is -4.05. The first-order chi connectivity index (χ1) is 9.33. The fraction of sp³-hybridized carbons (Fsp3) is 0.182. The predicted octanol–water partition coefficient (Wildman–Crippen LogP) is 0.921. The summed E-state index contributed by atoms with van der Waals surface area (Å²) < 4.78 is 26.9. The molecule has 0 amide bonds. The zero-order valence-electron chi connectivity index (χ0n) is 10.7. The van der Waals surface area contributed by atoms with E-state index in [1.807, 2.05) is 0 Å². The fourth-order valence-electron chi connectivity index (χ4n) is 1.68. The van der Waals surface area contributed by atoms with Crippen LogP contribution in [0.5, 0.6) is 0 Å². The number of carbonyl (C=O) groups is 1. The van der Waals surface area contributed by atoms with Crippen LogP contribution in [0.1, 0.15) is 21.7 Å². The van der Waals surface area contributed by atoms with E-state index >= 15 is 0 Å². The predicted molar refractivity (Wildman–Crippen MR) is 70.1 cm³/mol. The van der Waals surface area contributed by atoms with E-state index in [-0.39, 0.29) is 10.6 Å². The normalized spacial score (nSPS) is 11.3. The maximum atomic E-state index is 12.3. The summed E-state index contributed by atoms with van der Waals surface area (Å²) in [4.78, 5) is 14.5. The van der Waals surface area contributed by atoms with E-state index < -0.39 is 21.7 Å². The molecule has 2 aromatic heterocycles. The van der Waals surface area contributed by atoms with Crippen molar-refractivity contribution in [3.05, 3.63) is 35.4 Å². The van der Waals surface area contributed by atoms with Crippen molar-refractivity contribution in [3.8, 4) is 0 Å². The molecule has 0 unspecified atom stereocenters. The van der Waals surface area contributed by atoms with E-state index in [2.05, 4.69) is 19.9 Å². The molecule has 2 rings (SSSR count). The van der Waals surface area contributed by atoms with Gasteiger partial charge < -0.3 is 5.11 Å². The first-order valence-corrected chi connectivity index (χ1v) is 7.03. The third kappa shape index (κ3) is 2.48. The van der Waals surface area contributed by atoms with Crippen molar-refractivity contribution >= 4 is 21.7 Å². The molecule has 106 valence electrons. The Hall–Kier alpha value is -2.42. The van der Waals surface area contributed by atoms with E-state index in [0.717, 1.165) is 0 Å². The van der Waals surface area contributed by atoms with E-state index in [0.29, 0.717) is 11.3 Å². The van der Waals surface area contributed by atoms with E-state index in [4.69, 9.17) is 5.11 Å². The molecule has 0 bridgehead atoms. The van der Waals surface area contributed by atoms with Crippen LogP contribution in [0, 0.1) is 13.8 Å². The molecule has 0 atom stereocenters. The number of aromatic amines is 1. The Labute approximate surface area is 114 Å². The van der Waals surface area contributed by atoms with Crippen LogP contribution in [0.4, 0.5) is 5.69 Å². The summed E-state index contributed by atoms with van der Waals surface area (Å²) in [5.41, 5.74) is 0.564.